The van der Waals surface area contributed by atoms with Crippen LogP contribution in [0, 0.1) is 0 Å². The van der Waals surface area contributed by atoms with Crippen LogP contribution in [0.4, 0.5) is 5.13 Å². The highest BCUT2D eigenvalue weighted by atomic mass is 32.2. The fourth-order valence-electron chi connectivity index (χ4n) is 3.12. The number of sulfone groups is 1. The number of rotatable bonds is 7. The number of amides is 1. The molecule has 2 aliphatic rings. The minimum atomic E-state index is -3.26. The summed E-state index contributed by atoms with van der Waals surface area (Å²) in [6.45, 7) is 1.61. The van der Waals surface area contributed by atoms with E-state index in [1.807, 2.05) is 11.3 Å². The maximum atomic E-state index is 13.0. The van der Waals surface area contributed by atoms with Crippen molar-refractivity contribution in [2.24, 2.45) is 5.10 Å². The Hall–Kier alpha value is -1.91. The van der Waals surface area contributed by atoms with E-state index in [0.29, 0.717) is 15.6 Å². The highest BCUT2D eigenvalue weighted by Crippen LogP contribution is 2.33. The third kappa shape index (κ3) is 4.65. The monoisotopic (exact) mass is 450 g/mol. The Morgan fingerprint density at radius 1 is 1.24 bits per heavy atom. The van der Waals surface area contributed by atoms with E-state index in [0.717, 1.165) is 43.0 Å². The second-order valence-corrected chi connectivity index (χ2v) is 11.4. The SMILES string of the molecule is CSc1cnc(NC(=O)/C(=N/N2CCCC2)c2ccc(S(=O)(=O)C3CC3)cc2)s1. The topological polar surface area (TPSA) is 91.7 Å². The molecule has 0 atom stereocenters. The van der Waals surface area contributed by atoms with Crippen molar-refractivity contribution in [1.82, 2.24) is 9.99 Å². The standard InChI is InChI=1S/C19H22N4O3S3/c1-27-16-12-20-19(28-16)21-18(24)17(22-23-10-2-3-11-23)13-4-6-14(7-5-13)29(25,26)15-8-9-15/h4-7,12,15H,2-3,8-11H2,1H3,(H,20,21,24)/b22-17+. The maximum Gasteiger partial charge on any atom is 0.278 e. The molecule has 1 aliphatic heterocycles. The van der Waals surface area contributed by atoms with Gasteiger partial charge in [0.15, 0.2) is 20.7 Å². The van der Waals surface area contributed by atoms with Gasteiger partial charge in [0, 0.05) is 18.7 Å². The Kier molecular flexibility index (Phi) is 5.93. The number of benzene rings is 1. The van der Waals surface area contributed by atoms with Crippen LogP contribution >= 0.6 is 23.1 Å². The molecule has 1 aromatic heterocycles. The molecule has 2 aromatic rings. The molecule has 154 valence electrons. The molecule has 0 spiro atoms. The molecule has 1 aliphatic carbocycles. The largest absolute Gasteiger partial charge is 0.296 e. The molecule has 2 heterocycles. The summed E-state index contributed by atoms with van der Waals surface area (Å²) in [7, 11) is -3.26. The van der Waals surface area contributed by atoms with Crippen LogP contribution in [0.5, 0.6) is 0 Å². The molecule has 1 saturated heterocycles. The lowest BCUT2D eigenvalue weighted by molar-refractivity contribution is -0.110. The lowest BCUT2D eigenvalue weighted by atomic mass is 10.1. The number of hydrogen-bond donors (Lipinski definition) is 1. The van der Waals surface area contributed by atoms with Crippen molar-refractivity contribution in [2.45, 2.75) is 40.0 Å². The molecule has 0 radical (unpaired) electrons. The first-order valence-corrected chi connectivity index (χ1v) is 13.0. The third-order valence-electron chi connectivity index (χ3n) is 4.86. The highest BCUT2D eigenvalue weighted by molar-refractivity contribution is 8.00. The van der Waals surface area contributed by atoms with Gasteiger partial charge < -0.3 is 0 Å². The van der Waals surface area contributed by atoms with E-state index >= 15 is 0 Å². The van der Waals surface area contributed by atoms with Gasteiger partial charge in [-0.25, -0.2) is 13.4 Å². The van der Waals surface area contributed by atoms with Crippen molar-refractivity contribution in [3.05, 3.63) is 36.0 Å². The molecule has 29 heavy (non-hydrogen) atoms. The molecular formula is C19H22N4O3S3. The first-order chi connectivity index (χ1) is 14.0. The fraction of sp³-hybridized carbons (Fsp3) is 0.421. The van der Waals surface area contributed by atoms with Gasteiger partial charge in [-0.15, -0.1) is 11.8 Å². The van der Waals surface area contributed by atoms with Crippen LogP contribution in [0.25, 0.3) is 0 Å². The lowest BCUT2D eigenvalue weighted by Gasteiger charge is -2.14. The van der Waals surface area contributed by atoms with Gasteiger partial charge in [-0.05, 0) is 44.1 Å². The van der Waals surface area contributed by atoms with Gasteiger partial charge in [-0.3, -0.25) is 15.1 Å². The molecule has 1 saturated carbocycles. The van der Waals surface area contributed by atoms with E-state index in [-0.39, 0.29) is 16.9 Å². The zero-order valence-corrected chi connectivity index (χ0v) is 18.4. The van der Waals surface area contributed by atoms with E-state index in [9.17, 15) is 13.2 Å². The van der Waals surface area contributed by atoms with Gasteiger partial charge >= 0.3 is 0 Å². The number of hydrogen-bond acceptors (Lipinski definition) is 8. The molecule has 10 heteroatoms. The van der Waals surface area contributed by atoms with Crippen molar-refractivity contribution < 1.29 is 13.2 Å². The Morgan fingerprint density at radius 2 is 1.93 bits per heavy atom. The summed E-state index contributed by atoms with van der Waals surface area (Å²) in [4.78, 5) is 17.5. The Balaban J connectivity index is 1.60. The number of nitrogens with one attached hydrogen (secondary N) is 1. The number of aromatic nitrogens is 1. The minimum absolute atomic E-state index is 0.259. The van der Waals surface area contributed by atoms with Crippen LogP contribution in [0.15, 0.2) is 44.7 Å². The normalized spacial score (nSPS) is 17.6. The fourth-order valence-corrected chi connectivity index (χ4v) is 6.05. The Labute approximate surface area is 178 Å². The van der Waals surface area contributed by atoms with Crippen LogP contribution in [0.1, 0.15) is 31.2 Å². The predicted molar refractivity (Wildman–Crippen MR) is 117 cm³/mol. The van der Waals surface area contributed by atoms with Crippen LogP contribution in [-0.2, 0) is 14.6 Å². The van der Waals surface area contributed by atoms with Crippen molar-refractivity contribution in [1.29, 1.82) is 0 Å². The summed E-state index contributed by atoms with van der Waals surface area (Å²) >= 11 is 2.97. The quantitative estimate of drug-likeness (QED) is 0.514. The van der Waals surface area contributed by atoms with Crippen molar-refractivity contribution >= 4 is 49.7 Å². The number of thiazole rings is 1. The minimum Gasteiger partial charge on any atom is -0.296 e. The number of anilines is 1. The average Bonchev–Trinajstić information content (AvgIpc) is 3.29. The molecule has 1 aromatic carbocycles. The molecule has 0 bridgehead atoms. The molecule has 1 amide bonds. The van der Waals surface area contributed by atoms with Gasteiger partial charge in [0.05, 0.1) is 20.6 Å². The molecule has 1 N–H and O–H groups in total. The number of carbonyl (C=O) groups excluding carboxylic acids is 1. The second-order valence-electron chi connectivity index (χ2n) is 7.02. The summed E-state index contributed by atoms with van der Waals surface area (Å²) in [5.74, 6) is -0.350. The van der Waals surface area contributed by atoms with Crippen LogP contribution in [0.2, 0.25) is 0 Å². The van der Waals surface area contributed by atoms with E-state index in [2.05, 4.69) is 15.4 Å². The first-order valence-electron chi connectivity index (χ1n) is 9.46. The Bertz CT molecular complexity index is 1020. The van der Waals surface area contributed by atoms with E-state index in [1.165, 1.54) is 11.3 Å². The smallest absolute Gasteiger partial charge is 0.278 e. The molecule has 2 fully saturated rings. The summed E-state index contributed by atoms with van der Waals surface area (Å²) < 4.78 is 25.9. The predicted octanol–water partition coefficient (Wildman–Crippen LogP) is 3.24. The van der Waals surface area contributed by atoms with Gasteiger partial charge in [0.1, 0.15) is 0 Å². The van der Waals surface area contributed by atoms with Crippen molar-refractivity contribution in [2.75, 3.05) is 24.7 Å². The number of hydrazone groups is 1. The first kappa shape index (κ1) is 20.4. The van der Waals surface area contributed by atoms with Gasteiger partial charge in [0.2, 0.25) is 0 Å². The summed E-state index contributed by atoms with van der Waals surface area (Å²) in [6.07, 6.45) is 7.21. The molecule has 4 rings (SSSR count). The van der Waals surface area contributed by atoms with E-state index < -0.39 is 9.84 Å². The second kappa shape index (κ2) is 8.45. The average molecular weight is 451 g/mol. The van der Waals surface area contributed by atoms with Crippen LogP contribution < -0.4 is 5.32 Å². The zero-order valence-electron chi connectivity index (χ0n) is 16.0. The summed E-state index contributed by atoms with van der Waals surface area (Å²) in [6, 6.07) is 6.48. The lowest BCUT2D eigenvalue weighted by Crippen LogP contribution is -2.27. The number of nitrogens with zero attached hydrogens (tertiary/aromatic N) is 3. The summed E-state index contributed by atoms with van der Waals surface area (Å²) in [5.41, 5.74) is 0.856. The third-order valence-corrected chi connectivity index (χ3v) is 9.11. The van der Waals surface area contributed by atoms with Crippen molar-refractivity contribution in [3.8, 4) is 0 Å². The molecular weight excluding hydrogens is 428 g/mol. The van der Waals surface area contributed by atoms with Crippen LogP contribution in [-0.4, -0.2) is 54.6 Å². The van der Waals surface area contributed by atoms with Crippen molar-refractivity contribution in [3.63, 3.8) is 0 Å². The van der Waals surface area contributed by atoms with E-state index in [1.54, 1.807) is 42.2 Å². The van der Waals surface area contributed by atoms with Gasteiger partial charge in [-0.1, -0.05) is 23.5 Å². The van der Waals surface area contributed by atoms with E-state index in [4.69, 9.17) is 0 Å². The highest BCUT2D eigenvalue weighted by Gasteiger charge is 2.36. The van der Waals surface area contributed by atoms with Gasteiger partial charge in [-0.2, -0.15) is 5.10 Å². The zero-order chi connectivity index (χ0) is 20.4. The Morgan fingerprint density at radius 3 is 2.52 bits per heavy atom. The summed E-state index contributed by atoms with van der Waals surface area (Å²) in [5, 5.41) is 9.53. The molecule has 0 unspecified atom stereocenters. The van der Waals surface area contributed by atoms with Gasteiger partial charge in [0.25, 0.3) is 5.91 Å². The van der Waals surface area contributed by atoms with Crippen LogP contribution in [0.3, 0.4) is 0 Å². The number of carbonyl (C=O) groups is 1. The molecule has 7 nitrogen and oxygen atoms in total. The maximum absolute atomic E-state index is 13.0. The number of thioether (sulfide) groups is 1.